The molecule has 1 aromatic heterocycles. The lowest BCUT2D eigenvalue weighted by atomic mass is 10.1. The third-order valence-corrected chi connectivity index (χ3v) is 3.29. The molecule has 0 spiro atoms. The first-order valence-corrected chi connectivity index (χ1v) is 6.74. The van der Waals surface area contributed by atoms with Crippen LogP contribution in [0, 0.1) is 0 Å². The Kier molecular flexibility index (Phi) is 3.80. The Hall–Kier alpha value is -2.79. The molecular formula is C17H14O5. The molecule has 22 heavy (non-hydrogen) atoms. The van der Waals surface area contributed by atoms with Crippen molar-refractivity contribution in [2.75, 3.05) is 0 Å². The van der Waals surface area contributed by atoms with Crippen LogP contribution in [0.2, 0.25) is 0 Å². The molecular weight excluding hydrogens is 284 g/mol. The molecule has 2 N–H and O–H groups in total. The standard InChI is InChI=1S/C17H14O5/c18-14-7-13-12(6-17(20)22-16(13)8-15(14)19)10-21-9-11-4-2-1-3-5-11/h1-8,18-19H,9-10H2. The fourth-order valence-corrected chi connectivity index (χ4v) is 2.22. The number of hydrogen-bond donors (Lipinski definition) is 2. The maximum atomic E-state index is 11.6. The smallest absolute Gasteiger partial charge is 0.336 e. The van der Waals surface area contributed by atoms with E-state index >= 15 is 0 Å². The molecule has 1 heterocycles. The van der Waals surface area contributed by atoms with Gasteiger partial charge in [0.25, 0.3) is 0 Å². The van der Waals surface area contributed by atoms with E-state index in [1.807, 2.05) is 30.3 Å². The zero-order valence-electron chi connectivity index (χ0n) is 11.7. The highest BCUT2D eigenvalue weighted by molar-refractivity contribution is 5.83. The van der Waals surface area contributed by atoms with Gasteiger partial charge in [0.15, 0.2) is 11.5 Å². The fraction of sp³-hybridized carbons (Fsp3) is 0.118. The third-order valence-electron chi connectivity index (χ3n) is 3.29. The van der Waals surface area contributed by atoms with E-state index in [2.05, 4.69) is 0 Å². The first kappa shape index (κ1) is 14.2. The van der Waals surface area contributed by atoms with Crippen LogP contribution in [0.25, 0.3) is 11.0 Å². The van der Waals surface area contributed by atoms with Gasteiger partial charge in [-0.05, 0) is 17.2 Å². The molecule has 3 rings (SSSR count). The Balaban J connectivity index is 1.86. The quantitative estimate of drug-likeness (QED) is 0.572. The molecule has 0 unspecified atom stereocenters. The van der Waals surface area contributed by atoms with Crippen molar-refractivity contribution in [3.63, 3.8) is 0 Å². The highest BCUT2D eigenvalue weighted by atomic mass is 16.5. The van der Waals surface area contributed by atoms with Gasteiger partial charge in [-0.1, -0.05) is 30.3 Å². The first-order chi connectivity index (χ1) is 10.6. The molecule has 3 aromatic rings. The van der Waals surface area contributed by atoms with E-state index in [4.69, 9.17) is 9.15 Å². The topological polar surface area (TPSA) is 79.9 Å². The van der Waals surface area contributed by atoms with Gasteiger partial charge in [-0.25, -0.2) is 4.79 Å². The summed E-state index contributed by atoms with van der Waals surface area (Å²) in [6.07, 6.45) is 0. The number of hydrogen-bond acceptors (Lipinski definition) is 5. The van der Waals surface area contributed by atoms with Gasteiger partial charge in [0.2, 0.25) is 0 Å². The van der Waals surface area contributed by atoms with E-state index in [0.717, 1.165) is 5.56 Å². The van der Waals surface area contributed by atoms with E-state index in [0.29, 0.717) is 17.6 Å². The van der Waals surface area contributed by atoms with Crippen LogP contribution in [0.5, 0.6) is 11.5 Å². The predicted octanol–water partition coefficient (Wildman–Crippen LogP) is 2.92. The number of benzene rings is 2. The maximum absolute atomic E-state index is 11.6. The molecule has 5 nitrogen and oxygen atoms in total. The lowest BCUT2D eigenvalue weighted by Gasteiger charge is -2.08. The molecule has 0 fully saturated rings. The van der Waals surface area contributed by atoms with Crippen molar-refractivity contribution in [2.45, 2.75) is 13.2 Å². The molecule has 0 bridgehead atoms. The summed E-state index contributed by atoms with van der Waals surface area (Å²) in [6, 6.07) is 13.6. The van der Waals surface area contributed by atoms with Crippen LogP contribution < -0.4 is 5.63 Å². The van der Waals surface area contributed by atoms with Gasteiger partial charge in [-0.2, -0.15) is 0 Å². The van der Waals surface area contributed by atoms with Crippen LogP contribution in [-0.4, -0.2) is 10.2 Å². The molecule has 5 heteroatoms. The molecule has 0 saturated heterocycles. The lowest BCUT2D eigenvalue weighted by molar-refractivity contribution is 0.107. The Morgan fingerprint density at radius 3 is 2.45 bits per heavy atom. The van der Waals surface area contributed by atoms with Crippen molar-refractivity contribution in [1.29, 1.82) is 0 Å². The fourth-order valence-electron chi connectivity index (χ4n) is 2.22. The minimum Gasteiger partial charge on any atom is -0.504 e. The molecule has 0 atom stereocenters. The zero-order chi connectivity index (χ0) is 15.5. The van der Waals surface area contributed by atoms with E-state index in [1.54, 1.807) is 0 Å². The summed E-state index contributed by atoms with van der Waals surface area (Å²) in [6.45, 7) is 0.605. The largest absolute Gasteiger partial charge is 0.504 e. The van der Waals surface area contributed by atoms with Crippen LogP contribution in [-0.2, 0) is 18.0 Å². The molecule has 2 aromatic carbocycles. The minimum absolute atomic E-state index is 0.196. The Labute approximate surface area is 126 Å². The lowest BCUT2D eigenvalue weighted by Crippen LogP contribution is -2.02. The average Bonchev–Trinajstić information content (AvgIpc) is 2.50. The van der Waals surface area contributed by atoms with Crippen molar-refractivity contribution < 1.29 is 19.4 Å². The minimum atomic E-state index is -0.532. The highest BCUT2D eigenvalue weighted by Gasteiger charge is 2.10. The second-order valence-electron chi connectivity index (χ2n) is 4.91. The molecule has 0 radical (unpaired) electrons. The van der Waals surface area contributed by atoms with Crippen LogP contribution >= 0.6 is 0 Å². The maximum Gasteiger partial charge on any atom is 0.336 e. The Morgan fingerprint density at radius 2 is 1.68 bits per heavy atom. The summed E-state index contributed by atoms with van der Waals surface area (Å²) < 4.78 is 10.6. The molecule has 0 aliphatic rings. The summed E-state index contributed by atoms with van der Waals surface area (Å²) >= 11 is 0. The van der Waals surface area contributed by atoms with Gasteiger partial charge in [0.05, 0.1) is 13.2 Å². The monoisotopic (exact) mass is 298 g/mol. The van der Waals surface area contributed by atoms with E-state index in [1.165, 1.54) is 18.2 Å². The summed E-state index contributed by atoms with van der Waals surface area (Å²) in [4.78, 5) is 11.6. The third kappa shape index (κ3) is 2.94. The number of fused-ring (bicyclic) bond motifs is 1. The normalized spacial score (nSPS) is 10.9. The van der Waals surface area contributed by atoms with E-state index in [9.17, 15) is 15.0 Å². The van der Waals surface area contributed by atoms with Crippen molar-refractivity contribution >= 4 is 11.0 Å². The number of aromatic hydroxyl groups is 2. The molecule has 0 amide bonds. The van der Waals surface area contributed by atoms with Crippen LogP contribution in [0.4, 0.5) is 0 Å². The van der Waals surface area contributed by atoms with Gasteiger partial charge in [0, 0.05) is 17.5 Å². The zero-order valence-corrected chi connectivity index (χ0v) is 11.7. The Morgan fingerprint density at radius 1 is 0.955 bits per heavy atom. The molecule has 112 valence electrons. The number of phenols is 2. The summed E-state index contributed by atoms with van der Waals surface area (Å²) in [7, 11) is 0. The van der Waals surface area contributed by atoms with Gasteiger partial charge in [0.1, 0.15) is 5.58 Å². The van der Waals surface area contributed by atoms with Gasteiger partial charge in [-0.15, -0.1) is 0 Å². The van der Waals surface area contributed by atoms with Gasteiger partial charge in [-0.3, -0.25) is 0 Å². The van der Waals surface area contributed by atoms with Gasteiger partial charge >= 0.3 is 5.63 Å². The van der Waals surface area contributed by atoms with Gasteiger partial charge < -0.3 is 19.4 Å². The predicted molar refractivity (Wildman–Crippen MR) is 80.7 cm³/mol. The molecule has 0 aliphatic carbocycles. The SMILES string of the molecule is O=c1cc(COCc2ccccc2)c2cc(O)c(O)cc2o1. The summed E-state index contributed by atoms with van der Waals surface area (Å²) in [5.74, 6) is -0.608. The summed E-state index contributed by atoms with van der Waals surface area (Å²) in [5.41, 5.74) is 1.30. The molecule has 0 saturated carbocycles. The molecule has 0 aliphatic heterocycles. The van der Waals surface area contributed by atoms with Crippen LogP contribution in [0.3, 0.4) is 0 Å². The van der Waals surface area contributed by atoms with Crippen molar-refractivity contribution in [1.82, 2.24) is 0 Å². The van der Waals surface area contributed by atoms with E-state index < -0.39 is 5.63 Å². The first-order valence-electron chi connectivity index (χ1n) is 6.74. The number of phenolic OH excluding ortho intramolecular Hbond substituents is 2. The Bertz CT molecular complexity index is 852. The second kappa shape index (κ2) is 5.91. The number of ether oxygens (including phenoxy) is 1. The van der Waals surface area contributed by atoms with Crippen molar-refractivity contribution in [3.05, 3.63) is 70.1 Å². The van der Waals surface area contributed by atoms with E-state index in [-0.39, 0.29) is 23.7 Å². The van der Waals surface area contributed by atoms with Crippen LogP contribution in [0.1, 0.15) is 11.1 Å². The van der Waals surface area contributed by atoms with Crippen molar-refractivity contribution in [3.8, 4) is 11.5 Å². The highest BCUT2D eigenvalue weighted by Crippen LogP contribution is 2.31. The average molecular weight is 298 g/mol. The van der Waals surface area contributed by atoms with Crippen molar-refractivity contribution in [2.24, 2.45) is 0 Å². The second-order valence-corrected chi connectivity index (χ2v) is 4.91. The van der Waals surface area contributed by atoms with Crippen LogP contribution in [0.15, 0.2) is 57.7 Å². The summed E-state index contributed by atoms with van der Waals surface area (Å²) in [5, 5.41) is 19.6. The number of rotatable bonds is 4.